The molecule has 5 rings (SSSR count). The number of aromatic nitrogens is 3. The van der Waals surface area contributed by atoms with E-state index in [4.69, 9.17) is 11.0 Å². The van der Waals surface area contributed by atoms with Gasteiger partial charge in [0.15, 0.2) is 0 Å². The Morgan fingerprint density at radius 1 is 1.26 bits per heavy atom. The molecule has 3 N–H and O–H groups in total. The van der Waals surface area contributed by atoms with E-state index in [2.05, 4.69) is 21.5 Å². The first kappa shape index (κ1) is 22.7. The van der Waals surface area contributed by atoms with Crippen LogP contribution in [0, 0.1) is 11.3 Å². The van der Waals surface area contributed by atoms with Crippen LogP contribution < -0.4 is 11.1 Å². The first-order valence-electron chi connectivity index (χ1n) is 11.1. The summed E-state index contributed by atoms with van der Waals surface area (Å²) in [7, 11) is 0. The minimum absolute atomic E-state index is 0.191. The Kier molecular flexibility index (Phi) is 5.20. The van der Waals surface area contributed by atoms with Gasteiger partial charge in [0, 0.05) is 42.5 Å². The summed E-state index contributed by atoms with van der Waals surface area (Å²) in [5.74, 6) is -0.569. The van der Waals surface area contributed by atoms with E-state index in [0.29, 0.717) is 30.9 Å². The molecule has 180 valence electrons. The monoisotopic (exact) mass is 481 g/mol. The van der Waals surface area contributed by atoms with Gasteiger partial charge in [-0.3, -0.25) is 4.68 Å². The van der Waals surface area contributed by atoms with Crippen LogP contribution in [0.5, 0.6) is 0 Å². The van der Waals surface area contributed by atoms with Gasteiger partial charge in [0.2, 0.25) is 0 Å². The summed E-state index contributed by atoms with van der Waals surface area (Å²) in [6, 6.07) is 11.5. The van der Waals surface area contributed by atoms with E-state index in [1.165, 1.54) is 6.20 Å². The van der Waals surface area contributed by atoms with E-state index in [1.54, 1.807) is 27.8 Å². The molecular formula is C24H22F3N7O. The zero-order valence-corrected chi connectivity index (χ0v) is 18.8. The number of fused-ring (bicyclic) bond motifs is 2. The predicted octanol–water partition coefficient (Wildman–Crippen LogP) is 3.85. The number of rotatable bonds is 3. The summed E-state index contributed by atoms with van der Waals surface area (Å²) < 4.78 is 41.5. The maximum absolute atomic E-state index is 13.2. The number of urea groups is 1. The van der Waals surface area contributed by atoms with Crippen molar-refractivity contribution in [3.05, 3.63) is 65.0 Å². The molecule has 8 nitrogen and oxygen atoms in total. The van der Waals surface area contributed by atoms with Gasteiger partial charge in [0.05, 0.1) is 28.9 Å². The second kappa shape index (κ2) is 8.01. The normalized spacial score (nSPS) is 16.9. The summed E-state index contributed by atoms with van der Waals surface area (Å²) in [6.45, 7) is 3.50. The zero-order valence-electron chi connectivity index (χ0n) is 18.8. The maximum Gasteiger partial charge on any atom is 0.419 e. The van der Waals surface area contributed by atoms with Crippen molar-refractivity contribution in [2.45, 2.75) is 37.5 Å². The number of aryl methyl sites for hydroxylation is 1. The van der Waals surface area contributed by atoms with E-state index in [1.807, 2.05) is 19.1 Å². The van der Waals surface area contributed by atoms with Crippen molar-refractivity contribution in [3.8, 4) is 17.3 Å². The smallest absolute Gasteiger partial charge is 0.383 e. The highest BCUT2D eigenvalue weighted by Crippen LogP contribution is 2.44. The molecule has 1 atom stereocenters. The van der Waals surface area contributed by atoms with Crippen molar-refractivity contribution in [1.82, 2.24) is 25.0 Å². The summed E-state index contributed by atoms with van der Waals surface area (Å²) in [4.78, 5) is 18.2. The number of halogens is 3. The molecule has 1 fully saturated rings. The highest BCUT2D eigenvalue weighted by atomic mass is 19.4. The van der Waals surface area contributed by atoms with Gasteiger partial charge in [-0.05, 0) is 43.2 Å². The number of nitrogens with two attached hydrogens (primary N) is 1. The van der Waals surface area contributed by atoms with Gasteiger partial charge in [-0.25, -0.2) is 9.78 Å². The molecule has 11 heteroatoms. The highest BCUT2D eigenvalue weighted by Gasteiger charge is 2.51. The van der Waals surface area contributed by atoms with Gasteiger partial charge in [0.1, 0.15) is 5.82 Å². The largest absolute Gasteiger partial charge is 0.419 e. The molecule has 2 aromatic heterocycles. The van der Waals surface area contributed by atoms with E-state index < -0.39 is 17.6 Å². The van der Waals surface area contributed by atoms with Crippen molar-refractivity contribution in [3.63, 3.8) is 0 Å². The number of likely N-dealkylation sites (tertiary alicyclic amines) is 1. The fourth-order valence-corrected chi connectivity index (χ4v) is 4.80. The van der Waals surface area contributed by atoms with E-state index in [9.17, 15) is 18.0 Å². The number of nitriles is 1. The average Bonchev–Trinajstić information content (AvgIpc) is 3.37. The van der Waals surface area contributed by atoms with E-state index >= 15 is 0 Å². The fraction of sp³-hybridized carbons (Fsp3) is 0.333. The van der Waals surface area contributed by atoms with Crippen LogP contribution >= 0.6 is 0 Å². The number of nitrogens with one attached hydrogen (secondary N) is 1. The molecule has 2 aliphatic heterocycles. The number of hydrogen-bond donors (Lipinski definition) is 2. The Morgan fingerprint density at radius 2 is 1.97 bits per heavy atom. The summed E-state index contributed by atoms with van der Waals surface area (Å²) in [5, 5.41) is 16.4. The number of benzene rings is 1. The van der Waals surface area contributed by atoms with Crippen LogP contribution in [0.25, 0.3) is 11.3 Å². The Labute approximate surface area is 199 Å². The minimum Gasteiger partial charge on any atom is -0.383 e. The summed E-state index contributed by atoms with van der Waals surface area (Å²) in [5.41, 5.74) is 7.16. The molecule has 0 unspecified atom stereocenters. The van der Waals surface area contributed by atoms with E-state index in [-0.39, 0.29) is 23.1 Å². The molecule has 2 amide bonds. The molecule has 1 aromatic carbocycles. The molecule has 0 radical (unpaired) electrons. The molecule has 0 bridgehead atoms. The van der Waals surface area contributed by atoms with Gasteiger partial charge in [0.25, 0.3) is 0 Å². The van der Waals surface area contributed by atoms with Crippen molar-refractivity contribution in [2.75, 3.05) is 18.8 Å². The number of nitrogens with zero attached hydrogens (tertiary/aromatic N) is 5. The van der Waals surface area contributed by atoms with Gasteiger partial charge in [-0.1, -0.05) is 12.1 Å². The molecular weight excluding hydrogens is 459 g/mol. The lowest BCUT2D eigenvalue weighted by Gasteiger charge is -2.47. The summed E-state index contributed by atoms with van der Waals surface area (Å²) in [6.07, 6.45) is -2.51. The Morgan fingerprint density at radius 3 is 2.63 bits per heavy atom. The number of nitrogen functional groups attached to an aromatic ring is 1. The lowest BCUT2D eigenvalue weighted by Crippen LogP contribution is -2.62. The van der Waals surface area contributed by atoms with Gasteiger partial charge < -0.3 is 16.0 Å². The average molecular weight is 481 g/mol. The number of alkyl halides is 3. The molecule has 3 aromatic rings. The number of pyridine rings is 1. The first-order chi connectivity index (χ1) is 16.6. The van der Waals surface area contributed by atoms with Crippen LogP contribution in [0.3, 0.4) is 0 Å². The molecule has 2 aliphatic rings. The Balaban J connectivity index is 1.28. The lowest BCUT2D eigenvalue weighted by molar-refractivity contribution is -0.137. The minimum atomic E-state index is -4.60. The number of carbonyl (C=O) groups excluding carboxylic acids is 1. The third-order valence-electron chi connectivity index (χ3n) is 6.80. The highest BCUT2D eigenvalue weighted by molar-refractivity contribution is 5.76. The lowest BCUT2D eigenvalue weighted by atomic mass is 9.76. The van der Waals surface area contributed by atoms with Crippen molar-refractivity contribution < 1.29 is 18.0 Å². The standard InChI is InChI=1S/C24H22F3N7O/c1-14(16-4-2-15(10-28)3-5-16)31-22(35)33-12-23(13-33)6-7-34-20(23)9-19(32-34)17-8-18(24(25,26)27)21(29)30-11-17/h2-5,8-9,11,14H,6-7,12-13H2,1H3,(H2,29,30)(H,31,35)/t14-/m1/s1. The molecule has 1 saturated heterocycles. The van der Waals surface area contributed by atoms with Gasteiger partial charge >= 0.3 is 12.2 Å². The van der Waals surface area contributed by atoms with Crippen LogP contribution in [-0.4, -0.2) is 38.8 Å². The second-order valence-corrected chi connectivity index (χ2v) is 9.08. The SMILES string of the molecule is C[C@@H](NC(=O)N1CC2(CCn3nc(-c4cnc(N)c(C(F)(F)F)c4)cc32)C1)c1ccc(C#N)cc1. The van der Waals surface area contributed by atoms with Crippen LogP contribution in [-0.2, 0) is 18.1 Å². The molecule has 0 saturated carbocycles. The van der Waals surface area contributed by atoms with Crippen LogP contribution in [0.1, 0.15) is 41.8 Å². The van der Waals surface area contributed by atoms with E-state index in [0.717, 1.165) is 23.7 Å². The quantitative estimate of drug-likeness (QED) is 0.590. The van der Waals surface area contributed by atoms with Crippen molar-refractivity contribution >= 4 is 11.8 Å². The topological polar surface area (TPSA) is 113 Å². The van der Waals surface area contributed by atoms with Crippen molar-refractivity contribution in [2.24, 2.45) is 0 Å². The molecule has 0 aliphatic carbocycles. The Hall–Kier alpha value is -4.07. The maximum atomic E-state index is 13.2. The number of anilines is 1. The number of carbonyl (C=O) groups is 1. The van der Waals surface area contributed by atoms with Crippen LogP contribution in [0.4, 0.5) is 23.8 Å². The third-order valence-corrected chi connectivity index (χ3v) is 6.80. The fourth-order valence-electron chi connectivity index (χ4n) is 4.80. The van der Waals surface area contributed by atoms with Crippen LogP contribution in [0.15, 0.2) is 42.6 Å². The second-order valence-electron chi connectivity index (χ2n) is 9.08. The summed E-state index contributed by atoms with van der Waals surface area (Å²) >= 11 is 0. The van der Waals surface area contributed by atoms with Crippen LogP contribution in [0.2, 0.25) is 0 Å². The predicted molar refractivity (Wildman–Crippen MR) is 121 cm³/mol. The Bertz CT molecular complexity index is 1330. The number of hydrogen-bond acceptors (Lipinski definition) is 5. The zero-order chi connectivity index (χ0) is 25.0. The first-order valence-corrected chi connectivity index (χ1v) is 11.1. The van der Waals surface area contributed by atoms with Crippen molar-refractivity contribution in [1.29, 1.82) is 5.26 Å². The van der Waals surface area contributed by atoms with Gasteiger partial charge in [-0.15, -0.1) is 0 Å². The molecule has 4 heterocycles. The third kappa shape index (κ3) is 3.95. The number of amides is 2. The molecule has 35 heavy (non-hydrogen) atoms. The molecule has 1 spiro atoms. The van der Waals surface area contributed by atoms with Gasteiger partial charge in [-0.2, -0.15) is 23.5 Å².